The molecule has 1 fully saturated rings. The molecule has 0 radical (unpaired) electrons. The fourth-order valence-electron chi connectivity index (χ4n) is 2.56. The number of benzene rings is 1. The Morgan fingerprint density at radius 1 is 1.36 bits per heavy atom. The average molecular weight is 300 g/mol. The fourth-order valence-corrected chi connectivity index (χ4v) is 2.56. The van der Waals surface area contributed by atoms with Gasteiger partial charge in [-0.25, -0.2) is 4.79 Å². The molecular formula is C17H20N2O3. The van der Waals surface area contributed by atoms with Crippen LogP contribution in [0.2, 0.25) is 0 Å². The van der Waals surface area contributed by atoms with Crippen molar-refractivity contribution in [3.63, 3.8) is 0 Å². The highest BCUT2D eigenvalue weighted by atomic mass is 16.5. The first kappa shape index (κ1) is 14.6. The Balaban J connectivity index is 1.86. The zero-order chi connectivity index (χ0) is 15.5. The molecule has 1 aliphatic carbocycles. The summed E-state index contributed by atoms with van der Waals surface area (Å²) in [6.07, 6.45) is 4.17. The van der Waals surface area contributed by atoms with Crippen LogP contribution < -0.4 is 4.74 Å². The predicted octanol–water partition coefficient (Wildman–Crippen LogP) is 3.05. The lowest BCUT2D eigenvalue weighted by Gasteiger charge is -2.14. The Hall–Kier alpha value is -2.30. The molecule has 22 heavy (non-hydrogen) atoms. The lowest BCUT2D eigenvalue weighted by atomic mass is 9.98. The van der Waals surface area contributed by atoms with E-state index < -0.39 is 0 Å². The summed E-state index contributed by atoms with van der Waals surface area (Å²) >= 11 is 0. The number of esters is 1. The van der Waals surface area contributed by atoms with Crippen LogP contribution in [0.1, 0.15) is 47.2 Å². The molecule has 0 atom stereocenters. The maximum Gasteiger partial charge on any atom is 0.338 e. The van der Waals surface area contributed by atoms with Gasteiger partial charge in [-0.15, -0.1) is 5.10 Å². The first-order valence-corrected chi connectivity index (χ1v) is 7.60. The molecule has 0 aliphatic heterocycles. The van der Waals surface area contributed by atoms with Gasteiger partial charge in [0, 0.05) is 24.9 Å². The molecular weight excluding hydrogens is 280 g/mol. The van der Waals surface area contributed by atoms with Gasteiger partial charge in [-0.1, -0.05) is 12.1 Å². The number of aromatic nitrogens is 2. The van der Waals surface area contributed by atoms with Crippen molar-refractivity contribution in [3.8, 4) is 5.88 Å². The molecule has 5 heteroatoms. The molecule has 0 bridgehead atoms. The molecule has 116 valence electrons. The van der Waals surface area contributed by atoms with Crippen molar-refractivity contribution in [1.82, 2.24) is 9.78 Å². The summed E-state index contributed by atoms with van der Waals surface area (Å²) in [6, 6.07) is 7.62. The zero-order valence-corrected chi connectivity index (χ0v) is 12.9. The van der Waals surface area contributed by atoms with E-state index in [2.05, 4.69) is 11.2 Å². The van der Waals surface area contributed by atoms with Gasteiger partial charge in [0.25, 0.3) is 0 Å². The van der Waals surface area contributed by atoms with Gasteiger partial charge in [-0.05, 0) is 37.3 Å². The van der Waals surface area contributed by atoms with Gasteiger partial charge < -0.3 is 9.47 Å². The second kappa shape index (κ2) is 6.22. The van der Waals surface area contributed by atoms with E-state index in [1.54, 1.807) is 10.7 Å². The van der Waals surface area contributed by atoms with Gasteiger partial charge in [-0.2, -0.15) is 0 Å². The van der Waals surface area contributed by atoms with E-state index in [-0.39, 0.29) is 5.97 Å². The molecule has 1 saturated carbocycles. The maximum absolute atomic E-state index is 12.2. The van der Waals surface area contributed by atoms with Gasteiger partial charge in [0.2, 0.25) is 5.88 Å². The van der Waals surface area contributed by atoms with E-state index >= 15 is 0 Å². The van der Waals surface area contributed by atoms with Crippen molar-refractivity contribution in [2.75, 3.05) is 6.61 Å². The Morgan fingerprint density at radius 2 is 2.18 bits per heavy atom. The summed E-state index contributed by atoms with van der Waals surface area (Å²) in [5.41, 5.74) is 2.72. The Morgan fingerprint density at radius 3 is 2.82 bits per heavy atom. The number of hydrogen-bond donors (Lipinski definition) is 0. The molecule has 0 N–H and O–H groups in total. The first-order chi connectivity index (χ1) is 10.7. The average Bonchev–Trinajstić information content (AvgIpc) is 3.27. The van der Waals surface area contributed by atoms with Crippen LogP contribution in [0.3, 0.4) is 0 Å². The smallest absolute Gasteiger partial charge is 0.338 e. The van der Waals surface area contributed by atoms with Crippen LogP contribution in [-0.2, 0) is 18.4 Å². The maximum atomic E-state index is 12.2. The molecule has 3 rings (SSSR count). The number of ether oxygens (including phenoxy) is 2. The highest BCUT2D eigenvalue weighted by Gasteiger charge is 2.28. The highest BCUT2D eigenvalue weighted by Crippen LogP contribution is 2.42. The number of aryl methyl sites for hydroxylation is 1. The van der Waals surface area contributed by atoms with Crippen LogP contribution in [0.5, 0.6) is 5.88 Å². The third kappa shape index (κ3) is 3.13. The number of hydrogen-bond acceptors (Lipinski definition) is 4. The Kier molecular flexibility index (Phi) is 4.13. The molecule has 1 aromatic carbocycles. The second-order valence-corrected chi connectivity index (χ2v) is 5.48. The topological polar surface area (TPSA) is 53.4 Å². The van der Waals surface area contributed by atoms with Crippen LogP contribution in [-0.4, -0.2) is 22.4 Å². The van der Waals surface area contributed by atoms with Gasteiger partial charge >= 0.3 is 5.97 Å². The minimum Gasteiger partial charge on any atom is -0.472 e. The molecule has 2 aromatic rings. The van der Waals surface area contributed by atoms with Crippen molar-refractivity contribution in [2.24, 2.45) is 7.05 Å². The molecule has 0 saturated heterocycles. The predicted molar refractivity (Wildman–Crippen MR) is 81.9 cm³/mol. The molecule has 1 heterocycles. The summed E-state index contributed by atoms with van der Waals surface area (Å²) in [5.74, 6) is 0.809. The van der Waals surface area contributed by atoms with Crippen molar-refractivity contribution in [3.05, 3.63) is 47.2 Å². The monoisotopic (exact) mass is 300 g/mol. The van der Waals surface area contributed by atoms with Crippen LogP contribution >= 0.6 is 0 Å². The van der Waals surface area contributed by atoms with Gasteiger partial charge in [0.05, 0.1) is 12.2 Å². The largest absolute Gasteiger partial charge is 0.472 e. The van der Waals surface area contributed by atoms with Crippen LogP contribution in [0, 0.1) is 0 Å². The van der Waals surface area contributed by atoms with Crippen LogP contribution in [0.25, 0.3) is 0 Å². The van der Waals surface area contributed by atoms with Gasteiger partial charge in [0.1, 0.15) is 6.61 Å². The molecule has 0 spiro atoms. The Labute approximate surface area is 129 Å². The third-order valence-corrected chi connectivity index (χ3v) is 3.78. The van der Waals surface area contributed by atoms with E-state index in [1.165, 1.54) is 18.4 Å². The molecule has 1 aliphatic rings. The van der Waals surface area contributed by atoms with E-state index in [4.69, 9.17) is 9.47 Å². The number of carbonyl (C=O) groups excluding carboxylic acids is 1. The van der Waals surface area contributed by atoms with E-state index in [1.807, 2.05) is 32.3 Å². The van der Waals surface area contributed by atoms with E-state index in [9.17, 15) is 4.79 Å². The van der Waals surface area contributed by atoms with Crippen molar-refractivity contribution in [1.29, 1.82) is 0 Å². The fraction of sp³-hybridized carbons (Fsp3) is 0.412. The lowest BCUT2D eigenvalue weighted by molar-refractivity contribution is 0.0523. The summed E-state index contributed by atoms with van der Waals surface area (Å²) in [4.78, 5) is 12.2. The number of nitrogens with zero attached hydrogens (tertiary/aromatic N) is 2. The standard InChI is InChI=1S/C17H20N2O3/c1-3-21-17(20)14-6-4-5-13(12-7-8-12)15(14)11-22-16-9-10-19(2)18-16/h4-6,9-10,12H,3,7-8,11H2,1-2H3. The minimum absolute atomic E-state index is 0.287. The number of carbonyl (C=O) groups is 1. The SMILES string of the molecule is CCOC(=O)c1cccc(C2CC2)c1COc1ccn(C)n1. The van der Waals surface area contributed by atoms with Crippen molar-refractivity contribution in [2.45, 2.75) is 32.3 Å². The molecule has 1 aromatic heterocycles. The summed E-state index contributed by atoms with van der Waals surface area (Å²) < 4.78 is 12.6. The molecule has 5 nitrogen and oxygen atoms in total. The summed E-state index contributed by atoms with van der Waals surface area (Å²) in [6.45, 7) is 2.51. The summed E-state index contributed by atoms with van der Waals surface area (Å²) in [7, 11) is 1.84. The second-order valence-electron chi connectivity index (χ2n) is 5.48. The minimum atomic E-state index is -0.287. The normalized spacial score (nSPS) is 13.9. The third-order valence-electron chi connectivity index (χ3n) is 3.78. The van der Waals surface area contributed by atoms with Gasteiger partial charge in [-0.3, -0.25) is 4.68 Å². The van der Waals surface area contributed by atoms with Gasteiger partial charge in [0.15, 0.2) is 0 Å². The van der Waals surface area contributed by atoms with Crippen molar-refractivity contribution < 1.29 is 14.3 Å². The Bertz CT molecular complexity index is 674. The molecule has 0 unspecified atom stereocenters. The van der Waals surface area contributed by atoms with Crippen LogP contribution in [0.4, 0.5) is 0 Å². The van der Waals surface area contributed by atoms with E-state index in [0.29, 0.717) is 30.6 Å². The van der Waals surface area contributed by atoms with Crippen molar-refractivity contribution >= 4 is 5.97 Å². The lowest BCUT2D eigenvalue weighted by Crippen LogP contribution is -2.12. The number of rotatable bonds is 6. The van der Waals surface area contributed by atoms with E-state index in [0.717, 1.165) is 5.56 Å². The quantitative estimate of drug-likeness (QED) is 0.769. The summed E-state index contributed by atoms with van der Waals surface area (Å²) in [5, 5.41) is 4.21. The molecule has 0 amide bonds. The first-order valence-electron chi connectivity index (χ1n) is 7.60. The highest BCUT2D eigenvalue weighted by molar-refractivity contribution is 5.91. The zero-order valence-electron chi connectivity index (χ0n) is 12.9. The van der Waals surface area contributed by atoms with Crippen LogP contribution in [0.15, 0.2) is 30.5 Å².